The van der Waals surface area contributed by atoms with Crippen LogP contribution in [0.4, 0.5) is 0 Å². The van der Waals surface area contributed by atoms with Crippen LogP contribution in [-0.4, -0.2) is 81.1 Å². The predicted octanol–water partition coefficient (Wildman–Crippen LogP) is 0.453. The monoisotopic (exact) mass is 546 g/mol. The number of aryl methyl sites for hydroxylation is 2. The zero-order valence-corrected chi connectivity index (χ0v) is 22.4. The predicted molar refractivity (Wildman–Crippen MR) is 143 cm³/mol. The van der Waals surface area contributed by atoms with Crippen LogP contribution in [0.1, 0.15) is 32.6 Å². The fourth-order valence-electron chi connectivity index (χ4n) is 6.82. The third-order valence-electron chi connectivity index (χ3n) is 8.61. The summed E-state index contributed by atoms with van der Waals surface area (Å²) in [4.78, 5) is 68.4. The molecule has 0 aliphatic heterocycles. The van der Waals surface area contributed by atoms with Gasteiger partial charge in [0.2, 0.25) is 5.91 Å². The van der Waals surface area contributed by atoms with Crippen molar-refractivity contribution in [3.8, 4) is 5.75 Å². The summed E-state index contributed by atoms with van der Waals surface area (Å²) in [5.74, 6) is -13.1. The number of carbonyl (C=O) groups excluding carboxylic acids is 5. The van der Waals surface area contributed by atoms with Crippen LogP contribution in [-0.2, 0) is 19.2 Å². The van der Waals surface area contributed by atoms with E-state index in [1.807, 2.05) is 32.0 Å². The number of hydrogen-bond donors (Lipinski definition) is 4. The van der Waals surface area contributed by atoms with Crippen LogP contribution in [0.15, 0.2) is 36.4 Å². The second kappa shape index (κ2) is 9.29. The molecule has 2 aromatic rings. The van der Waals surface area contributed by atoms with E-state index in [0.29, 0.717) is 5.57 Å². The molecule has 3 aliphatic carbocycles. The molecule has 0 aromatic heterocycles. The van der Waals surface area contributed by atoms with Gasteiger partial charge in [0.25, 0.3) is 0 Å². The van der Waals surface area contributed by atoms with E-state index in [4.69, 9.17) is 5.73 Å². The van der Waals surface area contributed by atoms with Crippen LogP contribution >= 0.6 is 0 Å². The Morgan fingerprint density at radius 2 is 1.73 bits per heavy atom. The van der Waals surface area contributed by atoms with Crippen LogP contribution in [0.2, 0.25) is 0 Å². The van der Waals surface area contributed by atoms with Crippen LogP contribution in [0, 0.1) is 37.5 Å². The van der Waals surface area contributed by atoms with E-state index >= 15 is 0 Å². The number of aliphatic hydroxyl groups is 2. The molecule has 0 heterocycles. The molecule has 0 spiro atoms. The van der Waals surface area contributed by atoms with Crippen molar-refractivity contribution in [2.45, 2.75) is 31.6 Å². The van der Waals surface area contributed by atoms with E-state index < -0.39 is 76.2 Å². The third-order valence-corrected chi connectivity index (χ3v) is 8.61. The minimum atomic E-state index is -3.05. The Hall–Kier alpha value is -3.99. The largest absolute Gasteiger partial charge is 0.507 e. The Morgan fingerprint density at radius 3 is 2.33 bits per heavy atom. The van der Waals surface area contributed by atoms with Gasteiger partial charge in [0.15, 0.2) is 34.7 Å². The Labute approximate surface area is 230 Å². The van der Waals surface area contributed by atoms with Gasteiger partial charge in [-0.15, -0.1) is 0 Å². The summed E-state index contributed by atoms with van der Waals surface area (Å²) in [5, 5.41) is 34.4. The summed E-state index contributed by atoms with van der Waals surface area (Å²) in [5.41, 5.74) is 5.33. The maximum atomic E-state index is 14.2. The fraction of sp³-hybridized carbons (Fsp3) is 0.367. The lowest BCUT2D eigenvalue weighted by Crippen LogP contribution is -2.77. The number of rotatable bonds is 3. The van der Waals surface area contributed by atoms with E-state index in [2.05, 4.69) is 0 Å². The van der Waals surface area contributed by atoms with Gasteiger partial charge in [-0.3, -0.25) is 28.9 Å². The second-order valence-electron chi connectivity index (χ2n) is 11.2. The average Bonchev–Trinajstić information content (AvgIpc) is 2.86. The van der Waals surface area contributed by atoms with Gasteiger partial charge in [0.05, 0.1) is 29.5 Å². The first-order chi connectivity index (χ1) is 18.7. The second-order valence-corrected chi connectivity index (χ2v) is 11.2. The first-order valence-corrected chi connectivity index (χ1v) is 12.9. The maximum absolute atomic E-state index is 14.2. The third kappa shape index (κ3) is 3.63. The number of likely N-dealkylation sites (N-methyl/N-ethyl adjacent to an activating group) is 1. The number of nitrogens with two attached hydrogens (primary N) is 1. The highest BCUT2D eigenvalue weighted by atomic mass is 16.3. The van der Waals surface area contributed by atoms with Crippen molar-refractivity contribution in [3.63, 3.8) is 0 Å². The number of carbonyl (C=O) groups is 5. The molecule has 2 aromatic carbocycles. The zero-order valence-electron chi connectivity index (χ0n) is 22.4. The number of ketones is 4. The summed E-state index contributed by atoms with van der Waals surface area (Å²) in [6.07, 6.45) is -0.0419. The molecule has 5 rings (SSSR count). The summed E-state index contributed by atoms with van der Waals surface area (Å²) in [6.45, 7) is 3.80. The molecule has 7 atom stereocenters. The van der Waals surface area contributed by atoms with Crippen molar-refractivity contribution in [1.82, 2.24) is 4.90 Å². The van der Waals surface area contributed by atoms with Crippen LogP contribution < -0.4 is 5.73 Å². The molecule has 40 heavy (non-hydrogen) atoms. The number of phenols is 1. The van der Waals surface area contributed by atoms with Crippen LogP contribution in [0.3, 0.4) is 0 Å². The minimum Gasteiger partial charge on any atom is -0.507 e. The summed E-state index contributed by atoms with van der Waals surface area (Å²) in [7, 11) is 2.90. The van der Waals surface area contributed by atoms with Crippen LogP contribution in [0.25, 0.3) is 11.6 Å². The van der Waals surface area contributed by atoms with E-state index in [1.54, 1.807) is 12.1 Å². The van der Waals surface area contributed by atoms with Gasteiger partial charge in [-0.05, 0) is 56.3 Å². The maximum Gasteiger partial charge on any atom is 0.235 e. The lowest BCUT2D eigenvalue weighted by Gasteiger charge is -2.55. The Kier molecular flexibility index (Phi) is 6.41. The number of Topliss-reactive ketones (excluding diaryl/α,β-unsaturated/α-hetero) is 4. The smallest absolute Gasteiger partial charge is 0.235 e. The Morgan fingerprint density at radius 1 is 1.05 bits per heavy atom. The van der Waals surface area contributed by atoms with Gasteiger partial charge in [-0.1, -0.05) is 42.0 Å². The minimum absolute atomic E-state index is 0.183. The Bertz CT molecular complexity index is 1540. The van der Waals surface area contributed by atoms with Gasteiger partial charge in [0, 0.05) is 5.92 Å². The molecule has 10 heteroatoms. The van der Waals surface area contributed by atoms with Crippen LogP contribution in [0.5, 0.6) is 5.75 Å². The number of aliphatic hydroxyl groups excluding tert-OH is 1. The lowest BCUT2D eigenvalue weighted by atomic mass is 9.50. The lowest BCUT2D eigenvalue weighted by molar-refractivity contribution is -0.192. The van der Waals surface area contributed by atoms with Gasteiger partial charge < -0.3 is 21.1 Å². The number of fused-ring (bicyclic) bond motifs is 3. The molecule has 0 saturated heterocycles. The van der Waals surface area contributed by atoms with Gasteiger partial charge in [-0.25, -0.2) is 0 Å². The molecule has 2 unspecified atom stereocenters. The number of hydrogen-bond acceptors (Lipinski definition) is 9. The van der Waals surface area contributed by atoms with Gasteiger partial charge >= 0.3 is 0 Å². The number of aromatic hydroxyl groups is 1. The Balaban J connectivity index is 1.81. The molecule has 0 radical (unpaired) electrons. The first-order valence-electron chi connectivity index (χ1n) is 12.9. The quantitative estimate of drug-likeness (QED) is 0.398. The van der Waals surface area contributed by atoms with Gasteiger partial charge in [-0.2, -0.15) is 0 Å². The summed E-state index contributed by atoms with van der Waals surface area (Å²) >= 11 is 0. The molecule has 3 aliphatic rings. The van der Waals surface area contributed by atoms with E-state index in [9.17, 15) is 39.3 Å². The highest BCUT2D eigenvalue weighted by Gasteiger charge is 2.72. The van der Waals surface area contributed by atoms with E-state index in [1.165, 1.54) is 31.1 Å². The molecule has 1 amide bonds. The normalized spacial score (nSPS) is 32.6. The van der Waals surface area contributed by atoms with Crippen molar-refractivity contribution in [3.05, 3.63) is 64.2 Å². The zero-order chi connectivity index (χ0) is 29.4. The standard InChI is InChI=1S/C30H30N2O8/c1-12-8-9-14(13(2)10-12)11-16-15-6-5-7-17(33)18(15)24(34)20-19(16)25(35)22-23(32(3)4)26(36)21(29(31)39)28(38)30(22,40)27(20)37/h5-11,19-23,25,33,35,40H,1-4H3,(H2,31,39)/t19-,20?,21?,22-,23+,25+,30+/m1/s1. The first kappa shape index (κ1) is 27.6. The summed E-state index contributed by atoms with van der Waals surface area (Å²) < 4.78 is 0. The highest BCUT2D eigenvalue weighted by Crippen LogP contribution is 2.54. The highest BCUT2D eigenvalue weighted by molar-refractivity contribution is 6.33. The van der Waals surface area contributed by atoms with E-state index in [0.717, 1.165) is 16.7 Å². The van der Waals surface area contributed by atoms with Crippen molar-refractivity contribution < 1.29 is 39.3 Å². The number of nitrogens with zero attached hydrogens (tertiary/aromatic N) is 1. The molecule has 208 valence electrons. The van der Waals surface area contributed by atoms with Crippen molar-refractivity contribution in [1.29, 1.82) is 0 Å². The molecule has 2 saturated carbocycles. The summed E-state index contributed by atoms with van der Waals surface area (Å²) in [6, 6.07) is 8.60. The number of primary amides is 1. The van der Waals surface area contributed by atoms with Crippen molar-refractivity contribution >= 4 is 40.7 Å². The molecular formula is C30H30N2O8. The van der Waals surface area contributed by atoms with Crippen molar-refractivity contribution in [2.24, 2.45) is 29.4 Å². The fourth-order valence-corrected chi connectivity index (χ4v) is 6.82. The topological polar surface area (TPSA) is 175 Å². The van der Waals surface area contributed by atoms with E-state index in [-0.39, 0.29) is 11.1 Å². The molecule has 5 N–H and O–H groups in total. The van der Waals surface area contributed by atoms with Gasteiger partial charge in [0.1, 0.15) is 5.75 Å². The number of amides is 1. The molecule has 10 nitrogen and oxygen atoms in total. The average molecular weight is 547 g/mol. The molecule has 0 bridgehead atoms. The van der Waals surface area contributed by atoms with Crippen molar-refractivity contribution in [2.75, 3.05) is 14.1 Å². The molecule has 2 fully saturated rings. The number of phenolic OH excluding ortho intramolecular Hbond substituents is 1. The number of benzene rings is 2. The SMILES string of the molecule is Cc1ccc(C=C2c3cccc(O)c3C(=O)C3C(=O)[C@]4(O)C(=O)C(C(N)=O)C(=O)[C@@H](N(C)C)[C@@H]4[C@@H](O)[C@H]23)c(C)c1. The molecular weight excluding hydrogens is 516 g/mol.